The molecule has 0 bridgehead atoms. The molecule has 0 amide bonds. The lowest BCUT2D eigenvalue weighted by Gasteiger charge is -2.06. The minimum atomic E-state index is -3.02. The third kappa shape index (κ3) is 21.9. The van der Waals surface area contributed by atoms with E-state index in [2.05, 4.69) is 18.6 Å². The van der Waals surface area contributed by atoms with Crippen LogP contribution in [-0.2, 0) is 10.0 Å². The van der Waals surface area contributed by atoms with Gasteiger partial charge in [-0.2, -0.15) is 0 Å². The average molecular weight is 352 g/mol. The van der Waals surface area contributed by atoms with Crippen LogP contribution >= 0.6 is 0 Å². The van der Waals surface area contributed by atoms with Crippen molar-refractivity contribution < 1.29 is 9.84 Å². The molecule has 0 aromatic carbocycles. The van der Waals surface area contributed by atoms with E-state index >= 15 is 0 Å². The van der Waals surface area contributed by atoms with E-state index in [1.54, 1.807) is 0 Å². The van der Waals surface area contributed by atoms with E-state index in [4.69, 9.17) is 0 Å². The van der Waals surface area contributed by atoms with Gasteiger partial charge in [-0.15, -0.1) is 0 Å². The molecule has 0 radical (unpaired) electrons. The summed E-state index contributed by atoms with van der Waals surface area (Å²) in [6.07, 6.45) is 15.4. The zero-order valence-electron chi connectivity index (χ0n) is 16.3. The van der Waals surface area contributed by atoms with Gasteiger partial charge in [-0.1, -0.05) is 98.3 Å². The molecule has 0 saturated heterocycles. The molecule has 1 N–H and O–H groups in total. The molecule has 0 aliphatic carbocycles. The van der Waals surface area contributed by atoms with E-state index in [9.17, 15) is 8.42 Å². The van der Waals surface area contributed by atoms with Gasteiger partial charge in [-0.25, -0.2) is 13.1 Å². The normalized spacial score (nSPS) is 11.1. The summed E-state index contributed by atoms with van der Waals surface area (Å²) in [6.45, 7) is 9.02. The summed E-state index contributed by atoms with van der Waals surface area (Å²) in [5.74, 6) is 0.299. The van der Waals surface area contributed by atoms with Crippen LogP contribution in [0.3, 0.4) is 0 Å². The molecule has 0 unspecified atom stereocenters. The van der Waals surface area contributed by atoms with Crippen molar-refractivity contribution in [1.29, 1.82) is 0 Å². The van der Waals surface area contributed by atoms with Crippen molar-refractivity contribution in [3.8, 4) is 0 Å². The Kier molecular flexibility index (Phi) is 21.8. The summed E-state index contributed by atoms with van der Waals surface area (Å²) < 4.78 is 26.3. The monoisotopic (exact) mass is 351 g/mol. The largest absolute Gasteiger partial charge is 0.215 e. The predicted octanol–water partition coefficient (Wildman–Crippen LogP) is 6.29. The first-order valence-electron chi connectivity index (χ1n) is 10.1. The Morgan fingerprint density at radius 2 is 1.04 bits per heavy atom. The second-order valence-corrected chi connectivity index (χ2v) is 8.03. The van der Waals surface area contributed by atoms with Gasteiger partial charge in [-0.3, -0.25) is 0 Å². The van der Waals surface area contributed by atoms with Crippen LogP contribution in [0.25, 0.3) is 0 Å². The zero-order chi connectivity index (χ0) is 17.8. The summed E-state index contributed by atoms with van der Waals surface area (Å²) in [6, 6.07) is 0. The van der Waals surface area contributed by atoms with Gasteiger partial charge in [0.15, 0.2) is 0 Å². The summed E-state index contributed by atoms with van der Waals surface area (Å²) in [5.41, 5.74) is 0. The molecule has 4 heteroatoms. The Balaban J connectivity index is -0.00000141. The Labute approximate surface area is 148 Å². The molecule has 3 nitrogen and oxygen atoms in total. The van der Waals surface area contributed by atoms with Crippen molar-refractivity contribution in [1.82, 2.24) is 4.72 Å². The van der Waals surface area contributed by atoms with Crippen molar-refractivity contribution in [2.24, 2.45) is 0 Å². The zero-order valence-corrected chi connectivity index (χ0v) is 17.1. The summed E-state index contributed by atoms with van der Waals surface area (Å²) in [5, 5.41) is 0. The molecule has 0 atom stereocenters. The summed E-state index contributed by atoms with van der Waals surface area (Å²) in [4.78, 5) is 0. The Morgan fingerprint density at radius 3 is 1.52 bits per heavy atom. The van der Waals surface area contributed by atoms with Gasteiger partial charge < -0.3 is 0 Å². The van der Waals surface area contributed by atoms with Gasteiger partial charge in [-0.05, 0) is 12.8 Å². The first-order chi connectivity index (χ1) is 11.1. The fourth-order valence-electron chi connectivity index (χ4n) is 2.45. The molecular formula is C19H45NO2S. The van der Waals surface area contributed by atoms with E-state index in [1.807, 2.05) is 13.8 Å². The lowest BCUT2D eigenvalue weighted by molar-refractivity contribution is 0.555. The fourth-order valence-corrected chi connectivity index (χ4v) is 3.64. The fraction of sp³-hybridized carbons (Fsp3) is 1.00. The van der Waals surface area contributed by atoms with Crippen LogP contribution in [-0.4, -0.2) is 20.7 Å². The van der Waals surface area contributed by atoms with Gasteiger partial charge in [0.1, 0.15) is 0 Å². The summed E-state index contributed by atoms with van der Waals surface area (Å²) in [7, 11) is -3.02. The molecule has 23 heavy (non-hydrogen) atoms. The third-order valence-electron chi connectivity index (χ3n) is 3.87. The molecule has 0 aliphatic heterocycles. The molecule has 0 aliphatic rings. The number of rotatable bonds is 16. The van der Waals surface area contributed by atoms with Crippen LogP contribution in [0.1, 0.15) is 113 Å². The highest BCUT2D eigenvalue weighted by Gasteiger charge is 2.08. The molecule has 144 valence electrons. The van der Waals surface area contributed by atoms with Gasteiger partial charge in [0.05, 0.1) is 5.75 Å². The highest BCUT2D eigenvalue weighted by atomic mass is 32.2. The maximum Gasteiger partial charge on any atom is 0.211 e. The SMILES string of the molecule is CC.CCCCCCCCCCNS(=O)(=O)CCCCCCC.[HH]. The van der Waals surface area contributed by atoms with E-state index in [0.29, 0.717) is 12.3 Å². The van der Waals surface area contributed by atoms with Crippen molar-refractivity contribution in [3.05, 3.63) is 0 Å². The number of hydrogen-bond acceptors (Lipinski definition) is 2. The number of sulfonamides is 1. The molecule has 0 saturated carbocycles. The smallest absolute Gasteiger partial charge is 0.211 e. The molecule has 0 fully saturated rings. The number of nitrogens with one attached hydrogen (secondary N) is 1. The van der Waals surface area contributed by atoms with E-state index in [-0.39, 0.29) is 1.43 Å². The Morgan fingerprint density at radius 1 is 0.652 bits per heavy atom. The molecule has 0 spiro atoms. The maximum absolute atomic E-state index is 11.8. The van der Waals surface area contributed by atoms with Crippen LogP contribution in [0.5, 0.6) is 0 Å². The van der Waals surface area contributed by atoms with Crippen LogP contribution in [0.4, 0.5) is 0 Å². The Bertz CT molecular complexity index is 308. The highest BCUT2D eigenvalue weighted by molar-refractivity contribution is 7.89. The second-order valence-electron chi connectivity index (χ2n) is 6.10. The molecule has 0 heterocycles. The maximum atomic E-state index is 11.8. The molecular weight excluding hydrogens is 306 g/mol. The van der Waals surface area contributed by atoms with Gasteiger partial charge in [0.25, 0.3) is 0 Å². The van der Waals surface area contributed by atoms with Crippen LogP contribution in [0.2, 0.25) is 0 Å². The third-order valence-corrected chi connectivity index (χ3v) is 5.34. The van der Waals surface area contributed by atoms with E-state index in [1.165, 1.54) is 51.4 Å². The van der Waals surface area contributed by atoms with E-state index in [0.717, 1.165) is 32.1 Å². The highest BCUT2D eigenvalue weighted by Crippen LogP contribution is 2.08. The van der Waals surface area contributed by atoms with Crippen LogP contribution < -0.4 is 4.72 Å². The van der Waals surface area contributed by atoms with E-state index < -0.39 is 10.0 Å². The first kappa shape index (κ1) is 25.2. The number of unbranched alkanes of at least 4 members (excludes halogenated alkanes) is 11. The molecule has 0 rings (SSSR count). The average Bonchev–Trinajstić information content (AvgIpc) is 2.55. The van der Waals surface area contributed by atoms with Crippen molar-refractivity contribution in [2.75, 3.05) is 12.3 Å². The van der Waals surface area contributed by atoms with Gasteiger partial charge >= 0.3 is 0 Å². The van der Waals surface area contributed by atoms with Crippen molar-refractivity contribution in [3.63, 3.8) is 0 Å². The number of hydrogen-bond donors (Lipinski definition) is 1. The standard InChI is InChI=1S/C17H37NO2S.C2H6.H2/c1-3-5-7-9-10-11-12-14-16-18-21(19,20)17-15-13-8-6-4-2;1-2;/h18H,3-17H2,1-2H3;1-2H3;1H. The predicted molar refractivity (Wildman–Crippen MR) is 107 cm³/mol. The Hall–Kier alpha value is -0.0900. The molecule has 0 aromatic rings. The second kappa shape index (κ2) is 20.0. The van der Waals surface area contributed by atoms with Crippen molar-refractivity contribution >= 4 is 10.0 Å². The van der Waals surface area contributed by atoms with Crippen molar-refractivity contribution in [2.45, 2.75) is 111 Å². The minimum Gasteiger partial charge on any atom is -0.215 e. The van der Waals surface area contributed by atoms with Crippen LogP contribution in [0.15, 0.2) is 0 Å². The minimum absolute atomic E-state index is 0. The lowest BCUT2D eigenvalue weighted by atomic mass is 10.1. The quantitative estimate of drug-likeness (QED) is 0.332. The van der Waals surface area contributed by atoms with Crippen LogP contribution in [0, 0.1) is 0 Å². The van der Waals surface area contributed by atoms with Gasteiger partial charge in [0.2, 0.25) is 10.0 Å². The molecule has 0 aromatic heterocycles. The van der Waals surface area contributed by atoms with Gasteiger partial charge in [0, 0.05) is 7.97 Å². The lowest BCUT2D eigenvalue weighted by Crippen LogP contribution is -2.27. The topological polar surface area (TPSA) is 46.2 Å². The first-order valence-corrected chi connectivity index (χ1v) is 11.7. The summed E-state index contributed by atoms with van der Waals surface area (Å²) >= 11 is 0.